The molecule has 1 unspecified atom stereocenters. The van der Waals surface area contributed by atoms with E-state index in [2.05, 4.69) is 4.98 Å². The highest BCUT2D eigenvalue weighted by Gasteiger charge is 2.14. The van der Waals surface area contributed by atoms with Crippen molar-refractivity contribution in [3.05, 3.63) is 71.0 Å². The van der Waals surface area contributed by atoms with E-state index in [0.29, 0.717) is 11.4 Å². The Hall–Kier alpha value is -2.13. The molecule has 1 heterocycles. The lowest BCUT2D eigenvalue weighted by atomic mass is 10.0. The Bertz CT molecular complexity index is 623. The van der Waals surface area contributed by atoms with Gasteiger partial charge in [0.2, 0.25) is 0 Å². The number of benzene rings is 1. The number of aromatic nitrogens is 1. The maximum absolute atomic E-state index is 11.9. The normalized spacial score (nSPS) is 12.3. The molecule has 0 aliphatic rings. The molecule has 0 fully saturated rings. The van der Waals surface area contributed by atoms with E-state index in [4.69, 9.17) is 16.3 Å². The highest BCUT2D eigenvalue weighted by atomic mass is 35.5. The first-order valence-electron chi connectivity index (χ1n) is 7.13. The molecule has 1 aromatic heterocycles. The van der Waals surface area contributed by atoms with Gasteiger partial charge in [0.1, 0.15) is 6.61 Å². The van der Waals surface area contributed by atoms with Crippen molar-refractivity contribution >= 4 is 23.6 Å². The van der Waals surface area contributed by atoms with Crippen LogP contribution in [0, 0.1) is 5.92 Å². The third-order valence-electron chi connectivity index (χ3n) is 3.20. The van der Waals surface area contributed by atoms with Crippen LogP contribution in [0.2, 0.25) is 5.02 Å². The number of esters is 1. The van der Waals surface area contributed by atoms with Gasteiger partial charge in [0, 0.05) is 17.4 Å². The van der Waals surface area contributed by atoms with E-state index in [1.165, 1.54) is 0 Å². The lowest BCUT2D eigenvalue weighted by Gasteiger charge is -2.10. The van der Waals surface area contributed by atoms with Crippen LogP contribution in [-0.4, -0.2) is 17.6 Å². The van der Waals surface area contributed by atoms with E-state index in [9.17, 15) is 4.79 Å². The number of carbonyl (C=O) groups is 1. The van der Waals surface area contributed by atoms with Gasteiger partial charge in [-0.1, -0.05) is 36.7 Å². The van der Waals surface area contributed by atoms with Crippen molar-refractivity contribution < 1.29 is 9.53 Å². The van der Waals surface area contributed by atoms with E-state index in [1.54, 1.807) is 12.4 Å². The Morgan fingerprint density at radius 1 is 1.23 bits per heavy atom. The number of ether oxygens (including phenoxy) is 1. The molecule has 2 rings (SSSR count). The van der Waals surface area contributed by atoms with Crippen molar-refractivity contribution in [2.24, 2.45) is 5.92 Å². The number of hydrogen-bond acceptors (Lipinski definition) is 3. The molecule has 1 atom stereocenters. The second-order valence-corrected chi connectivity index (χ2v) is 5.48. The predicted molar refractivity (Wildman–Crippen MR) is 88.6 cm³/mol. The van der Waals surface area contributed by atoms with Crippen molar-refractivity contribution in [1.29, 1.82) is 0 Å². The van der Waals surface area contributed by atoms with Crippen LogP contribution in [0.15, 0.2) is 54.9 Å². The highest BCUT2D eigenvalue weighted by Crippen LogP contribution is 2.11. The molecule has 0 saturated carbocycles. The second kappa shape index (κ2) is 8.35. The van der Waals surface area contributed by atoms with E-state index in [0.717, 1.165) is 11.1 Å². The summed E-state index contributed by atoms with van der Waals surface area (Å²) in [7, 11) is 0. The summed E-state index contributed by atoms with van der Waals surface area (Å²) in [6.45, 7) is 2.13. The van der Waals surface area contributed by atoms with Crippen LogP contribution in [0.4, 0.5) is 0 Å². The Balaban J connectivity index is 1.76. The predicted octanol–water partition coefficient (Wildman–Crippen LogP) is 4.17. The Labute approximate surface area is 135 Å². The first kappa shape index (κ1) is 16.2. The second-order valence-electron chi connectivity index (χ2n) is 5.04. The molecule has 2 aromatic rings. The fourth-order valence-corrected chi connectivity index (χ4v) is 2.11. The standard InChI is InChI=1S/C18H18ClNO2/c1-14(13-16-8-10-20-11-9-16)18(21)22-12-2-3-15-4-6-17(19)7-5-15/h2-11,14H,12-13H2,1H3/b3-2+. The summed E-state index contributed by atoms with van der Waals surface area (Å²) in [6, 6.07) is 11.3. The van der Waals surface area contributed by atoms with E-state index in [-0.39, 0.29) is 18.5 Å². The highest BCUT2D eigenvalue weighted by molar-refractivity contribution is 6.30. The topological polar surface area (TPSA) is 39.2 Å². The van der Waals surface area contributed by atoms with Crippen LogP contribution < -0.4 is 0 Å². The smallest absolute Gasteiger partial charge is 0.309 e. The summed E-state index contributed by atoms with van der Waals surface area (Å²) in [5.41, 5.74) is 2.10. The molecular weight excluding hydrogens is 298 g/mol. The first-order valence-corrected chi connectivity index (χ1v) is 7.50. The summed E-state index contributed by atoms with van der Waals surface area (Å²) < 4.78 is 5.25. The average molecular weight is 316 g/mol. The molecule has 114 valence electrons. The molecule has 0 aliphatic heterocycles. The molecule has 0 spiro atoms. The third kappa shape index (κ3) is 5.34. The zero-order valence-corrected chi connectivity index (χ0v) is 13.2. The van der Waals surface area contributed by atoms with Crippen LogP contribution in [0.1, 0.15) is 18.1 Å². The molecule has 3 nitrogen and oxygen atoms in total. The Morgan fingerprint density at radius 3 is 2.59 bits per heavy atom. The van der Waals surface area contributed by atoms with Crippen molar-refractivity contribution in [1.82, 2.24) is 4.98 Å². The Kier molecular flexibility index (Phi) is 6.16. The summed E-state index contributed by atoms with van der Waals surface area (Å²) in [4.78, 5) is 15.9. The molecular formula is C18H18ClNO2. The van der Waals surface area contributed by atoms with Crippen molar-refractivity contribution in [3.63, 3.8) is 0 Å². The van der Waals surface area contributed by atoms with Crippen molar-refractivity contribution in [3.8, 4) is 0 Å². The number of nitrogens with zero attached hydrogens (tertiary/aromatic N) is 1. The fourth-order valence-electron chi connectivity index (χ4n) is 1.99. The maximum Gasteiger partial charge on any atom is 0.309 e. The minimum Gasteiger partial charge on any atom is -0.461 e. The van der Waals surface area contributed by atoms with E-state index < -0.39 is 0 Å². The molecule has 22 heavy (non-hydrogen) atoms. The monoisotopic (exact) mass is 315 g/mol. The zero-order valence-electron chi connectivity index (χ0n) is 12.4. The SMILES string of the molecule is CC(Cc1ccncc1)C(=O)OC/C=C/c1ccc(Cl)cc1. The van der Waals surface area contributed by atoms with Crippen LogP contribution in [0.3, 0.4) is 0 Å². The average Bonchev–Trinajstić information content (AvgIpc) is 2.54. The summed E-state index contributed by atoms with van der Waals surface area (Å²) in [5, 5.41) is 0.702. The summed E-state index contributed by atoms with van der Waals surface area (Å²) >= 11 is 5.82. The molecule has 0 amide bonds. The van der Waals surface area contributed by atoms with Crippen LogP contribution in [-0.2, 0) is 16.0 Å². The largest absolute Gasteiger partial charge is 0.461 e. The molecule has 0 bridgehead atoms. The van der Waals surface area contributed by atoms with Gasteiger partial charge in [-0.05, 0) is 47.9 Å². The van der Waals surface area contributed by atoms with Gasteiger partial charge >= 0.3 is 5.97 Å². The minimum absolute atomic E-state index is 0.175. The van der Waals surface area contributed by atoms with E-state index in [1.807, 2.05) is 55.5 Å². The van der Waals surface area contributed by atoms with Crippen LogP contribution in [0.5, 0.6) is 0 Å². The van der Waals surface area contributed by atoms with Gasteiger partial charge in [0.05, 0.1) is 5.92 Å². The van der Waals surface area contributed by atoms with Gasteiger partial charge < -0.3 is 4.74 Å². The van der Waals surface area contributed by atoms with Gasteiger partial charge in [-0.3, -0.25) is 9.78 Å². The lowest BCUT2D eigenvalue weighted by molar-refractivity contribution is -0.146. The van der Waals surface area contributed by atoms with Crippen LogP contribution >= 0.6 is 11.6 Å². The number of hydrogen-bond donors (Lipinski definition) is 0. The third-order valence-corrected chi connectivity index (χ3v) is 3.45. The fraction of sp³-hybridized carbons (Fsp3) is 0.222. The van der Waals surface area contributed by atoms with Crippen molar-refractivity contribution in [2.75, 3.05) is 6.61 Å². The summed E-state index contributed by atoms with van der Waals surface area (Å²) in [5.74, 6) is -0.371. The number of rotatable bonds is 6. The van der Waals surface area contributed by atoms with Gasteiger partial charge in [-0.2, -0.15) is 0 Å². The van der Waals surface area contributed by atoms with Crippen LogP contribution in [0.25, 0.3) is 6.08 Å². The molecule has 0 radical (unpaired) electrons. The molecule has 0 saturated heterocycles. The quantitative estimate of drug-likeness (QED) is 0.751. The van der Waals surface area contributed by atoms with Gasteiger partial charge in [0.25, 0.3) is 0 Å². The summed E-state index contributed by atoms with van der Waals surface area (Å²) in [6.07, 6.45) is 7.82. The Morgan fingerprint density at radius 2 is 1.91 bits per heavy atom. The molecule has 4 heteroatoms. The molecule has 0 aliphatic carbocycles. The lowest BCUT2D eigenvalue weighted by Crippen LogP contribution is -2.17. The molecule has 0 N–H and O–H groups in total. The van der Waals surface area contributed by atoms with Gasteiger partial charge in [-0.25, -0.2) is 0 Å². The minimum atomic E-state index is -0.197. The zero-order chi connectivity index (χ0) is 15.8. The molecule has 1 aromatic carbocycles. The van der Waals surface area contributed by atoms with E-state index >= 15 is 0 Å². The number of halogens is 1. The maximum atomic E-state index is 11.9. The first-order chi connectivity index (χ1) is 10.6. The van der Waals surface area contributed by atoms with Gasteiger partial charge in [-0.15, -0.1) is 0 Å². The number of carbonyl (C=O) groups excluding carboxylic acids is 1. The number of pyridine rings is 1. The van der Waals surface area contributed by atoms with Crippen molar-refractivity contribution in [2.45, 2.75) is 13.3 Å². The van der Waals surface area contributed by atoms with Gasteiger partial charge in [0.15, 0.2) is 0 Å².